The molecule has 0 aliphatic carbocycles. The summed E-state index contributed by atoms with van der Waals surface area (Å²) in [6.07, 6.45) is 0. The summed E-state index contributed by atoms with van der Waals surface area (Å²) in [5.74, 6) is 2.93. The Labute approximate surface area is 175 Å². The number of carbonyl (C=O) groups excluding carboxylic acids is 1. The minimum Gasteiger partial charge on any atom is -0.497 e. The first-order valence-electron chi connectivity index (χ1n) is 9.19. The van der Waals surface area contributed by atoms with E-state index >= 15 is 0 Å². The van der Waals surface area contributed by atoms with Crippen LogP contribution in [0, 0.1) is 0 Å². The van der Waals surface area contributed by atoms with Gasteiger partial charge in [-0.25, -0.2) is 0 Å². The second-order valence-corrected chi connectivity index (χ2v) is 8.73. The number of aliphatic imine (C=N–C) groups is 1. The number of carbonyl (C=O) groups is 1. The molecule has 3 heterocycles. The first kappa shape index (κ1) is 18.3. The van der Waals surface area contributed by atoms with E-state index in [4.69, 9.17) is 14.2 Å². The van der Waals surface area contributed by atoms with Crippen molar-refractivity contribution < 1.29 is 19.0 Å². The number of amides is 1. The second-order valence-electron chi connectivity index (χ2n) is 6.63. The first-order valence-corrected chi connectivity index (χ1v) is 11.0. The molecular weight excluding hydrogens is 408 g/mol. The fourth-order valence-electron chi connectivity index (χ4n) is 3.29. The predicted octanol–water partition coefficient (Wildman–Crippen LogP) is 4.26. The van der Waals surface area contributed by atoms with Gasteiger partial charge in [0.25, 0.3) is 5.91 Å². The molecular formula is C21H18N2O4S2. The predicted molar refractivity (Wildman–Crippen MR) is 116 cm³/mol. The number of thioether (sulfide) groups is 1. The van der Waals surface area contributed by atoms with Crippen molar-refractivity contribution in [3.05, 3.63) is 52.9 Å². The van der Waals surface area contributed by atoms with Crippen LogP contribution in [0.25, 0.3) is 10.1 Å². The van der Waals surface area contributed by atoms with Gasteiger partial charge in [0.05, 0.1) is 18.0 Å². The third-order valence-electron chi connectivity index (χ3n) is 4.78. The molecule has 1 atom stereocenters. The van der Waals surface area contributed by atoms with E-state index in [9.17, 15) is 4.79 Å². The molecule has 2 aliphatic heterocycles. The van der Waals surface area contributed by atoms with E-state index in [0.29, 0.717) is 23.3 Å². The Balaban J connectivity index is 1.32. The lowest BCUT2D eigenvalue weighted by molar-refractivity contribution is 0.0982. The quantitative estimate of drug-likeness (QED) is 0.678. The lowest BCUT2D eigenvalue weighted by Crippen LogP contribution is -2.26. The van der Waals surface area contributed by atoms with E-state index in [1.807, 2.05) is 42.5 Å². The number of benzene rings is 2. The van der Waals surface area contributed by atoms with Crippen LogP contribution in [0.5, 0.6) is 17.2 Å². The topological polar surface area (TPSA) is 69.2 Å². The van der Waals surface area contributed by atoms with E-state index in [-0.39, 0.29) is 11.9 Å². The fraction of sp³-hybridized carbons (Fsp3) is 0.238. The van der Waals surface area contributed by atoms with E-state index < -0.39 is 0 Å². The maximum Gasteiger partial charge on any atom is 0.267 e. The third kappa shape index (κ3) is 3.65. The zero-order chi connectivity index (χ0) is 19.8. The van der Waals surface area contributed by atoms with Crippen LogP contribution in [0.4, 0.5) is 0 Å². The van der Waals surface area contributed by atoms with Gasteiger partial charge in [-0.05, 0) is 35.2 Å². The molecule has 148 valence electrons. The van der Waals surface area contributed by atoms with Gasteiger partial charge in [0.2, 0.25) is 0 Å². The smallest absolute Gasteiger partial charge is 0.267 e. The monoisotopic (exact) mass is 426 g/mol. The van der Waals surface area contributed by atoms with Gasteiger partial charge in [-0.2, -0.15) is 0 Å². The molecule has 1 unspecified atom stereocenters. The molecule has 3 aromatic rings. The molecule has 1 amide bonds. The van der Waals surface area contributed by atoms with E-state index in [2.05, 4.69) is 10.3 Å². The van der Waals surface area contributed by atoms with Crippen LogP contribution in [0.2, 0.25) is 0 Å². The Morgan fingerprint density at radius 1 is 1.14 bits per heavy atom. The summed E-state index contributed by atoms with van der Waals surface area (Å²) in [4.78, 5) is 18.0. The Kier molecular flexibility index (Phi) is 4.81. The van der Waals surface area contributed by atoms with Crippen molar-refractivity contribution in [3.8, 4) is 17.2 Å². The highest BCUT2D eigenvalue weighted by Gasteiger charge is 2.23. The average molecular weight is 427 g/mol. The van der Waals surface area contributed by atoms with Crippen molar-refractivity contribution in [1.82, 2.24) is 5.32 Å². The number of fused-ring (bicyclic) bond motifs is 2. The Hall–Kier alpha value is -2.71. The summed E-state index contributed by atoms with van der Waals surface area (Å²) in [7, 11) is 1.65. The van der Waals surface area contributed by atoms with Crippen LogP contribution < -0.4 is 19.5 Å². The number of methoxy groups -OCH3 is 1. The van der Waals surface area contributed by atoms with Crippen LogP contribution in [0.1, 0.15) is 21.3 Å². The molecule has 0 spiro atoms. The van der Waals surface area contributed by atoms with Crippen molar-refractivity contribution >= 4 is 44.3 Å². The lowest BCUT2D eigenvalue weighted by atomic mass is 10.1. The fourth-order valence-corrected chi connectivity index (χ4v) is 5.20. The molecule has 1 aromatic heterocycles. The van der Waals surface area contributed by atoms with E-state index in [1.165, 1.54) is 11.3 Å². The first-order chi connectivity index (χ1) is 14.2. The summed E-state index contributed by atoms with van der Waals surface area (Å²) in [5, 5.41) is 4.57. The normalized spacial score (nSPS) is 17.8. The van der Waals surface area contributed by atoms with Crippen molar-refractivity contribution in [1.29, 1.82) is 0 Å². The Morgan fingerprint density at radius 2 is 1.90 bits per heavy atom. The largest absolute Gasteiger partial charge is 0.497 e. The summed E-state index contributed by atoms with van der Waals surface area (Å²) >= 11 is 2.99. The number of rotatable bonds is 3. The second kappa shape index (κ2) is 7.61. The molecule has 5 rings (SSSR count). The van der Waals surface area contributed by atoms with Gasteiger partial charge < -0.3 is 19.5 Å². The van der Waals surface area contributed by atoms with Crippen molar-refractivity contribution in [2.24, 2.45) is 4.99 Å². The zero-order valence-electron chi connectivity index (χ0n) is 15.6. The van der Waals surface area contributed by atoms with Gasteiger partial charge >= 0.3 is 0 Å². The van der Waals surface area contributed by atoms with Crippen LogP contribution in [0.15, 0.2) is 47.5 Å². The van der Waals surface area contributed by atoms with Crippen molar-refractivity contribution in [2.75, 3.05) is 26.1 Å². The number of hydrogen-bond donors (Lipinski definition) is 1. The number of nitrogens with zero attached hydrogens (tertiary/aromatic N) is 1. The lowest BCUT2D eigenvalue weighted by Gasteiger charge is -2.17. The van der Waals surface area contributed by atoms with Gasteiger partial charge in [0.1, 0.15) is 19.0 Å². The molecule has 0 saturated heterocycles. The average Bonchev–Trinajstić information content (AvgIpc) is 3.39. The Morgan fingerprint density at radius 3 is 2.66 bits per heavy atom. The Bertz CT molecular complexity index is 1060. The summed E-state index contributed by atoms with van der Waals surface area (Å²) in [5.41, 5.74) is 1.11. The molecule has 2 aliphatic rings. The summed E-state index contributed by atoms with van der Waals surface area (Å²) in [6.45, 7) is 1.09. The van der Waals surface area contributed by atoms with Gasteiger partial charge in [0, 0.05) is 16.5 Å². The maximum atomic E-state index is 12.7. The number of hydrogen-bond acceptors (Lipinski definition) is 7. The van der Waals surface area contributed by atoms with Crippen LogP contribution >= 0.6 is 23.1 Å². The number of nitrogens with one attached hydrogen (secondary N) is 1. The molecule has 0 fully saturated rings. The number of ether oxygens (including phenoxy) is 3. The molecule has 0 saturated carbocycles. The molecule has 0 bridgehead atoms. The third-order valence-corrected chi connectivity index (χ3v) is 6.84. The van der Waals surface area contributed by atoms with Gasteiger partial charge in [0.15, 0.2) is 16.7 Å². The summed E-state index contributed by atoms with van der Waals surface area (Å²) < 4.78 is 17.5. The van der Waals surface area contributed by atoms with Crippen LogP contribution in [-0.2, 0) is 0 Å². The molecule has 0 radical (unpaired) electrons. The molecule has 6 nitrogen and oxygen atoms in total. The van der Waals surface area contributed by atoms with Crippen molar-refractivity contribution in [3.63, 3.8) is 0 Å². The molecule has 29 heavy (non-hydrogen) atoms. The van der Waals surface area contributed by atoms with Gasteiger partial charge in [-0.15, -0.1) is 11.3 Å². The standard InChI is InChI=1S/C21H18N2O4S2/c1-25-14-4-2-12(3-5-14)15-11-28-21(22-15)23-20(24)19-9-13-8-16-17(10-18(13)29-19)27-7-6-26-16/h2-5,8-10,15H,6-7,11H2,1H3,(H,22,23,24). The number of amidine groups is 1. The van der Waals surface area contributed by atoms with E-state index in [0.717, 1.165) is 38.7 Å². The minimum atomic E-state index is -0.146. The highest BCUT2D eigenvalue weighted by molar-refractivity contribution is 8.14. The zero-order valence-corrected chi connectivity index (χ0v) is 17.3. The molecule has 2 aromatic carbocycles. The maximum absolute atomic E-state index is 12.7. The van der Waals surface area contributed by atoms with Gasteiger partial charge in [-0.1, -0.05) is 23.9 Å². The van der Waals surface area contributed by atoms with Crippen molar-refractivity contribution in [2.45, 2.75) is 6.04 Å². The molecule has 1 N–H and O–H groups in total. The summed E-state index contributed by atoms with van der Waals surface area (Å²) in [6, 6.07) is 13.7. The minimum absolute atomic E-state index is 0.0321. The highest BCUT2D eigenvalue weighted by atomic mass is 32.2. The SMILES string of the molecule is COc1ccc(C2CSC(NC(=O)c3cc4cc5c(cc4s3)OCCO5)=N2)cc1. The highest BCUT2D eigenvalue weighted by Crippen LogP contribution is 2.38. The van der Waals surface area contributed by atoms with E-state index in [1.54, 1.807) is 18.9 Å². The molecule has 8 heteroatoms. The van der Waals surface area contributed by atoms with Crippen LogP contribution in [0.3, 0.4) is 0 Å². The van der Waals surface area contributed by atoms with Crippen LogP contribution in [-0.4, -0.2) is 37.2 Å². The van der Waals surface area contributed by atoms with Gasteiger partial charge in [-0.3, -0.25) is 9.79 Å². The number of thiophene rings is 1.